The number of aromatic nitrogens is 1. The summed E-state index contributed by atoms with van der Waals surface area (Å²) in [6.45, 7) is 3.34. The molecule has 0 bridgehead atoms. The van der Waals surface area contributed by atoms with Gasteiger partial charge in [0.1, 0.15) is 16.3 Å². The molecule has 2 aromatic carbocycles. The van der Waals surface area contributed by atoms with Crippen LogP contribution in [0, 0.1) is 13.8 Å². The van der Waals surface area contributed by atoms with Crippen LogP contribution in [0.5, 0.6) is 0 Å². The summed E-state index contributed by atoms with van der Waals surface area (Å²) in [6.07, 6.45) is 0. The van der Waals surface area contributed by atoms with E-state index in [9.17, 15) is 13.2 Å². The van der Waals surface area contributed by atoms with Crippen molar-refractivity contribution in [3.8, 4) is 0 Å². The first kappa shape index (κ1) is 20.2. The summed E-state index contributed by atoms with van der Waals surface area (Å²) in [5.41, 5.74) is 1.37. The van der Waals surface area contributed by atoms with Crippen LogP contribution >= 0.6 is 23.2 Å². The maximum Gasteiger partial charge on any atom is 0.263 e. The molecular formula is C18H15Cl2N3O4S. The van der Waals surface area contributed by atoms with Crippen LogP contribution in [0.15, 0.2) is 51.9 Å². The molecule has 7 nitrogen and oxygen atoms in total. The van der Waals surface area contributed by atoms with Crippen molar-refractivity contribution in [1.29, 1.82) is 0 Å². The van der Waals surface area contributed by atoms with E-state index in [1.165, 1.54) is 30.3 Å². The van der Waals surface area contributed by atoms with Crippen molar-refractivity contribution in [2.24, 2.45) is 0 Å². The predicted octanol–water partition coefficient (Wildman–Crippen LogP) is 4.65. The standard InChI is InChI=1S/C18H15Cl2N3O4S/c1-10-17(11(2)27-22-10)21-18(24)12-3-8-15(20)16(9-12)28(25,26)23-14-6-4-13(19)5-7-14/h3-9,23H,1-2H3,(H,21,24). The molecule has 1 heterocycles. The Hall–Kier alpha value is -2.55. The Balaban J connectivity index is 1.90. The van der Waals surface area contributed by atoms with Gasteiger partial charge in [0.15, 0.2) is 5.76 Å². The number of benzene rings is 2. The summed E-state index contributed by atoms with van der Waals surface area (Å²) < 4.78 is 32.9. The lowest BCUT2D eigenvalue weighted by atomic mass is 10.2. The second-order valence-corrected chi connectivity index (χ2v) is 8.41. The number of hydrogen-bond acceptors (Lipinski definition) is 5. The van der Waals surface area contributed by atoms with Crippen LogP contribution in [0.2, 0.25) is 10.0 Å². The molecule has 0 saturated heterocycles. The van der Waals surface area contributed by atoms with Crippen LogP contribution in [-0.4, -0.2) is 19.5 Å². The van der Waals surface area contributed by atoms with Gasteiger partial charge in [0.25, 0.3) is 15.9 Å². The topological polar surface area (TPSA) is 101 Å². The number of carbonyl (C=O) groups is 1. The Morgan fingerprint density at radius 2 is 1.75 bits per heavy atom. The lowest BCUT2D eigenvalue weighted by Gasteiger charge is -2.11. The summed E-state index contributed by atoms with van der Waals surface area (Å²) >= 11 is 11.9. The molecule has 28 heavy (non-hydrogen) atoms. The zero-order chi connectivity index (χ0) is 20.5. The summed E-state index contributed by atoms with van der Waals surface area (Å²) in [7, 11) is -4.03. The molecule has 0 aliphatic rings. The number of aryl methyl sites for hydroxylation is 2. The fourth-order valence-electron chi connectivity index (χ4n) is 2.43. The minimum absolute atomic E-state index is 0.0182. The first-order valence-corrected chi connectivity index (χ1v) is 10.2. The maximum absolute atomic E-state index is 12.7. The Morgan fingerprint density at radius 1 is 1.07 bits per heavy atom. The first-order chi connectivity index (χ1) is 13.2. The average Bonchev–Trinajstić information content (AvgIpc) is 2.95. The number of hydrogen-bond donors (Lipinski definition) is 2. The third-order valence-corrected chi connectivity index (χ3v) is 5.97. The van der Waals surface area contributed by atoms with Crippen molar-refractivity contribution in [3.05, 3.63) is 69.5 Å². The second-order valence-electron chi connectivity index (χ2n) is 5.91. The molecule has 3 aromatic rings. The number of sulfonamides is 1. The number of nitrogens with one attached hydrogen (secondary N) is 2. The van der Waals surface area contributed by atoms with Gasteiger partial charge < -0.3 is 9.84 Å². The van der Waals surface area contributed by atoms with Gasteiger partial charge in [-0.1, -0.05) is 28.4 Å². The van der Waals surface area contributed by atoms with E-state index in [0.29, 0.717) is 27.9 Å². The molecule has 0 atom stereocenters. The Morgan fingerprint density at radius 3 is 2.36 bits per heavy atom. The molecule has 0 aliphatic heterocycles. The van der Waals surface area contributed by atoms with Crippen LogP contribution < -0.4 is 10.0 Å². The normalized spacial score (nSPS) is 11.3. The highest BCUT2D eigenvalue weighted by Gasteiger charge is 2.21. The van der Waals surface area contributed by atoms with E-state index in [4.69, 9.17) is 27.7 Å². The van der Waals surface area contributed by atoms with Gasteiger partial charge in [0.2, 0.25) is 0 Å². The van der Waals surface area contributed by atoms with Gasteiger partial charge in [0, 0.05) is 16.3 Å². The Kier molecular flexibility index (Phi) is 5.64. The molecule has 1 amide bonds. The molecule has 0 unspecified atom stereocenters. The van der Waals surface area contributed by atoms with E-state index in [1.54, 1.807) is 26.0 Å². The third-order valence-electron chi connectivity index (χ3n) is 3.85. The van der Waals surface area contributed by atoms with Crippen molar-refractivity contribution in [2.45, 2.75) is 18.7 Å². The van der Waals surface area contributed by atoms with E-state index in [-0.39, 0.29) is 15.5 Å². The minimum atomic E-state index is -4.03. The van der Waals surface area contributed by atoms with Gasteiger partial charge in [-0.3, -0.25) is 9.52 Å². The Bertz CT molecular complexity index is 1120. The van der Waals surface area contributed by atoms with Gasteiger partial charge in [0.05, 0.1) is 5.02 Å². The van der Waals surface area contributed by atoms with Crippen molar-refractivity contribution in [1.82, 2.24) is 5.16 Å². The summed E-state index contributed by atoms with van der Waals surface area (Å²) in [5, 5.41) is 6.87. The number of amides is 1. The highest BCUT2D eigenvalue weighted by Crippen LogP contribution is 2.27. The predicted molar refractivity (Wildman–Crippen MR) is 108 cm³/mol. The largest absolute Gasteiger partial charge is 0.359 e. The average molecular weight is 440 g/mol. The van der Waals surface area contributed by atoms with Crippen LogP contribution in [0.3, 0.4) is 0 Å². The van der Waals surface area contributed by atoms with E-state index < -0.39 is 15.9 Å². The van der Waals surface area contributed by atoms with Crippen LogP contribution in [0.1, 0.15) is 21.8 Å². The number of rotatable bonds is 5. The second kappa shape index (κ2) is 7.83. The molecule has 1 aromatic heterocycles. The third kappa shape index (κ3) is 4.30. The molecule has 3 rings (SSSR count). The molecule has 0 radical (unpaired) electrons. The van der Waals surface area contributed by atoms with Crippen molar-refractivity contribution >= 4 is 50.5 Å². The highest BCUT2D eigenvalue weighted by molar-refractivity contribution is 7.92. The monoisotopic (exact) mass is 439 g/mol. The molecule has 0 fully saturated rings. The van der Waals surface area contributed by atoms with Crippen LogP contribution in [-0.2, 0) is 10.0 Å². The van der Waals surface area contributed by atoms with Crippen molar-refractivity contribution < 1.29 is 17.7 Å². The van der Waals surface area contributed by atoms with Crippen LogP contribution in [0.25, 0.3) is 0 Å². The van der Waals surface area contributed by atoms with Gasteiger partial charge in [-0.2, -0.15) is 0 Å². The first-order valence-electron chi connectivity index (χ1n) is 7.99. The fraction of sp³-hybridized carbons (Fsp3) is 0.111. The van der Waals surface area contributed by atoms with E-state index in [2.05, 4.69) is 15.2 Å². The number of halogens is 2. The van der Waals surface area contributed by atoms with E-state index >= 15 is 0 Å². The molecule has 0 spiro atoms. The highest BCUT2D eigenvalue weighted by atomic mass is 35.5. The lowest BCUT2D eigenvalue weighted by molar-refractivity contribution is 0.102. The zero-order valence-electron chi connectivity index (χ0n) is 14.8. The molecule has 0 saturated carbocycles. The summed E-state index contributed by atoms with van der Waals surface area (Å²) in [6, 6.07) is 10.1. The van der Waals surface area contributed by atoms with E-state index in [1.807, 2.05) is 0 Å². The number of carbonyl (C=O) groups excluding carboxylic acids is 1. The minimum Gasteiger partial charge on any atom is -0.359 e. The van der Waals surface area contributed by atoms with Crippen molar-refractivity contribution in [3.63, 3.8) is 0 Å². The van der Waals surface area contributed by atoms with Gasteiger partial charge in [-0.15, -0.1) is 0 Å². The van der Waals surface area contributed by atoms with Gasteiger partial charge in [-0.25, -0.2) is 8.42 Å². The molecule has 2 N–H and O–H groups in total. The van der Waals surface area contributed by atoms with Gasteiger partial charge >= 0.3 is 0 Å². The summed E-state index contributed by atoms with van der Waals surface area (Å²) in [5.74, 6) is -0.0777. The zero-order valence-corrected chi connectivity index (χ0v) is 17.1. The van der Waals surface area contributed by atoms with Crippen molar-refractivity contribution in [2.75, 3.05) is 10.0 Å². The quantitative estimate of drug-likeness (QED) is 0.602. The Labute approximate surface area is 171 Å². The fourth-order valence-corrected chi connectivity index (χ4v) is 4.14. The molecular weight excluding hydrogens is 425 g/mol. The molecule has 10 heteroatoms. The molecule has 146 valence electrons. The summed E-state index contributed by atoms with van der Waals surface area (Å²) in [4.78, 5) is 12.3. The SMILES string of the molecule is Cc1noc(C)c1NC(=O)c1ccc(Cl)c(S(=O)(=O)Nc2ccc(Cl)cc2)c1. The number of anilines is 2. The smallest absolute Gasteiger partial charge is 0.263 e. The van der Waals surface area contributed by atoms with E-state index in [0.717, 1.165) is 0 Å². The maximum atomic E-state index is 12.7. The van der Waals surface area contributed by atoms with Gasteiger partial charge in [-0.05, 0) is 56.3 Å². The number of nitrogens with zero attached hydrogens (tertiary/aromatic N) is 1. The lowest BCUT2D eigenvalue weighted by Crippen LogP contribution is -2.17. The molecule has 0 aliphatic carbocycles. The van der Waals surface area contributed by atoms with Crippen LogP contribution in [0.4, 0.5) is 11.4 Å².